The van der Waals surface area contributed by atoms with E-state index in [0.717, 1.165) is 17.5 Å². The van der Waals surface area contributed by atoms with Crippen LogP contribution in [0, 0.1) is 0 Å². The van der Waals surface area contributed by atoms with E-state index in [0.29, 0.717) is 6.42 Å². The van der Waals surface area contributed by atoms with Gasteiger partial charge >= 0.3 is 0 Å². The summed E-state index contributed by atoms with van der Waals surface area (Å²) in [6.07, 6.45) is 2.89. The predicted octanol–water partition coefficient (Wildman–Crippen LogP) is 2.72. The number of carbonyl (C=O) groups is 1. The van der Waals surface area contributed by atoms with Crippen molar-refractivity contribution in [2.75, 3.05) is 0 Å². The van der Waals surface area contributed by atoms with Gasteiger partial charge in [0.25, 0.3) is 0 Å². The number of hydrogen-bond donors (Lipinski definition) is 0. The van der Waals surface area contributed by atoms with Crippen molar-refractivity contribution >= 4 is 16.8 Å². The molecule has 0 amide bonds. The largest absolute Gasteiger partial charge is 0.281 e. The Morgan fingerprint density at radius 1 is 1.38 bits per heavy atom. The molecule has 0 atom stereocenters. The predicted molar refractivity (Wildman–Crippen MR) is 54.9 cm³/mol. The summed E-state index contributed by atoms with van der Waals surface area (Å²) in [5.74, 6) is 0. The van der Waals surface area contributed by atoms with Gasteiger partial charge in [0.2, 0.25) is 5.24 Å². The molecule has 1 nitrogen and oxygen atoms in total. The highest BCUT2D eigenvalue weighted by Gasteiger charge is 2.03. The van der Waals surface area contributed by atoms with E-state index >= 15 is 0 Å². The van der Waals surface area contributed by atoms with Crippen molar-refractivity contribution in [2.24, 2.45) is 0 Å². The van der Waals surface area contributed by atoms with E-state index < -0.39 is 0 Å². The van der Waals surface area contributed by atoms with Crippen molar-refractivity contribution in [2.45, 2.75) is 12.8 Å². The SMILES string of the molecule is C=CCc1ccccc1CC(=O)Cl. The molecule has 1 aromatic carbocycles. The van der Waals surface area contributed by atoms with Gasteiger partial charge in [-0.05, 0) is 29.1 Å². The Balaban J connectivity index is 2.90. The van der Waals surface area contributed by atoms with Crippen molar-refractivity contribution in [1.82, 2.24) is 0 Å². The fourth-order valence-corrected chi connectivity index (χ4v) is 1.38. The van der Waals surface area contributed by atoms with Crippen LogP contribution < -0.4 is 0 Å². The molecule has 0 spiro atoms. The lowest BCUT2D eigenvalue weighted by atomic mass is 10.0. The van der Waals surface area contributed by atoms with Crippen molar-refractivity contribution < 1.29 is 4.79 Å². The average molecular weight is 195 g/mol. The van der Waals surface area contributed by atoms with Gasteiger partial charge in [-0.1, -0.05) is 30.3 Å². The lowest BCUT2D eigenvalue weighted by molar-refractivity contribution is -0.111. The highest BCUT2D eigenvalue weighted by Crippen LogP contribution is 2.11. The Morgan fingerprint density at radius 3 is 2.54 bits per heavy atom. The third-order valence-electron chi connectivity index (χ3n) is 1.81. The Kier molecular flexibility index (Phi) is 3.71. The zero-order chi connectivity index (χ0) is 9.68. The maximum absolute atomic E-state index is 10.7. The first-order valence-electron chi connectivity index (χ1n) is 4.10. The zero-order valence-electron chi connectivity index (χ0n) is 7.29. The smallest absolute Gasteiger partial charge is 0.226 e. The van der Waals surface area contributed by atoms with Crippen LogP contribution in [0.1, 0.15) is 11.1 Å². The Morgan fingerprint density at radius 2 is 2.00 bits per heavy atom. The second-order valence-electron chi connectivity index (χ2n) is 2.79. The first-order chi connectivity index (χ1) is 6.24. The van der Waals surface area contributed by atoms with E-state index in [1.807, 2.05) is 30.3 Å². The third kappa shape index (κ3) is 3.03. The Labute approximate surface area is 83.0 Å². The summed E-state index contributed by atoms with van der Waals surface area (Å²) in [7, 11) is 0. The minimum Gasteiger partial charge on any atom is -0.281 e. The molecule has 13 heavy (non-hydrogen) atoms. The van der Waals surface area contributed by atoms with Gasteiger partial charge in [0, 0.05) is 6.42 Å². The zero-order valence-corrected chi connectivity index (χ0v) is 8.05. The molecule has 0 heterocycles. The number of allylic oxidation sites excluding steroid dienone is 1. The molecule has 0 aliphatic carbocycles. The van der Waals surface area contributed by atoms with Crippen LogP contribution in [-0.2, 0) is 17.6 Å². The molecule has 0 aliphatic heterocycles. The van der Waals surface area contributed by atoms with Crippen LogP contribution in [0.15, 0.2) is 36.9 Å². The van der Waals surface area contributed by atoms with E-state index in [1.165, 1.54) is 0 Å². The standard InChI is InChI=1S/C11H11ClO/c1-2-5-9-6-3-4-7-10(9)8-11(12)13/h2-4,6-7H,1,5,8H2. The minimum absolute atomic E-state index is 0.297. The number of hydrogen-bond acceptors (Lipinski definition) is 1. The van der Waals surface area contributed by atoms with Crippen LogP contribution in [-0.4, -0.2) is 5.24 Å². The lowest BCUT2D eigenvalue weighted by Crippen LogP contribution is -1.98. The van der Waals surface area contributed by atoms with Gasteiger partial charge in [0.05, 0.1) is 0 Å². The Hall–Kier alpha value is -1.08. The summed E-state index contributed by atoms with van der Waals surface area (Å²) in [6, 6.07) is 7.75. The van der Waals surface area contributed by atoms with Gasteiger partial charge in [-0.3, -0.25) is 4.79 Å². The highest BCUT2D eigenvalue weighted by atomic mass is 35.5. The molecular weight excluding hydrogens is 184 g/mol. The molecule has 0 N–H and O–H groups in total. The number of halogens is 1. The van der Waals surface area contributed by atoms with Crippen molar-refractivity contribution in [3.05, 3.63) is 48.0 Å². The van der Waals surface area contributed by atoms with Gasteiger partial charge < -0.3 is 0 Å². The Bertz CT molecular complexity index is 318. The molecule has 2 heteroatoms. The van der Waals surface area contributed by atoms with Crippen LogP contribution in [0.5, 0.6) is 0 Å². The molecule has 0 saturated heterocycles. The van der Waals surface area contributed by atoms with Crippen LogP contribution >= 0.6 is 11.6 Å². The maximum atomic E-state index is 10.7. The van der Waals surface area contributed by atoms with Gasteiger partial charge in [-0.15, -0.1) is 6.58 Å². The fourth-order valence-electron chi connectivity index (χ4n) is 1.23. The van der Waals surface area contributed by atoms with Gasteiger partial charge in [-0.2, -0.15) is 0 Å². The first kappa shape index (κ1) is 10.0. The normalized spacial score (nSPS) is 9.62. The molecular formula is C11H11ClO. The van der Waals surface area contributed by atoms with Gasteiger partial charge in [0.1, 0.15) is 0 Å². The summed E-state index contributed by atoms with van der Waals surface area (Å²) in [6.45, 7) is 3.66. The summed E-state index contributed by atoms with van der Waals surface area (Å²) >= 11 is 5.32. The molecule has 0 radical (unpaired) electrons. The monoisotopic (exact) mass is 194 g/mol. The molecule has 0 bridgehead atoms. The van der Waals surface area contributed by atoms with Crippen molar-refractivity contribution in [1.29, 1.82) is 0 Å². The molecule has 0 fully saturated rings. The molecule has 0 unspecified atom stereocenters. The molecule has 0 aliphatic rings. The van der Waals surface area contributed by atoms with Crippen LogP contribution in [0.4, 0.5) is 0 Å². The van der Waals surface area contributed by atoms with E-state index in [9.17, 15) is 4.79 Å². The molecule has 68 valence electrons. The van der Waals surface area contributed by atoms with Crippen LogP contribution in [0.2, 0.25) is 0 Å². The molecule has 0 aromatic heterocycles. The average Bonchev–Trinajstić information content (AvgIpc) is 2.08. The maximum Gasteiger partial charge on any atom is 0.226 e. The van der Waals surface area contributed by atoms with E-state index in [-0.39, 0.29) is 5.24 Å². The summed E-state index contributed by atoms with van der Waals surface area (Å²) < 4.78 is 0. The van der Waals surface area contributed by atoms with Gasteiger partial charge in [-0.25, -0.2) is 0 Å². The van der Waals surface area contributed by atoms with Crippen LogP contribution in [0.25, 0.3) is 0 Å². The van der Waals surface area contributed by atoms with Gasteiger partial charge in [0.15, 0.2) is 0 Å². The summed E-state index contributed by atoms with van der Waals surface area (Å²) in [4.78, 5) is 10.7. The second-order valence-corrected chi connectivity index (χ2v) is 3.21. The summed E-state index contributed by atoms with van der Waals surface area (Å²) in [5, 5.41) is -0.323. The minimum atomic E-state index is -0.323. The third-order valence-corrected chi connectivity index (χ3v) is 1.95. The molecule has 1 rings (SSSR count). The molecule has 0 saturated carbocycles. The van der Waals surface area contributed by atoms with E-state index in [1.54, 1.807) is 0 Å². The van der Waals surface area contributed by atoms with Crippen molar-refractivity contribution in [3.63, 3.8) is 0 Å². The number of benzene rings is 1. The second kappa shape index (κ2) is 4.83. The quantitative estimate of drug-likeness (QED) is 0.532. The first-order valence-corrected chi connectivity index (χ1v) is 4.48. The van der Waals surface area contributed by atoms with Crippen molar-refractivity contribution in [3.8, 4) is 0 Å². The highest BCUT2D eigenvalue weighted by molar-refractivity contribution is 6.63. The fraction of sp³-hybridized carbons (Fsp3) is 0.182. The van der Waals surface area contributed by atoms with Crippen LogP contribution in [0.3, 0.4) is 0 Å². The molecule has 1 aromatic rings. The number of carbonyl (C=O) groups excluding carboxylic acids is 1. The number of rotatable bonds is 4. The van der Waals surface area contributed by atoms with E-state index in [2.05, 4.69) is 6.58 Å². The lowest BCUT2D eigenvalue weighted by Gasteiger charge is -2.03. The topological polar surface area (TPSA) is 17.1 Å². The summed E-state index contributed by atoms with van der Waals surface area (Å²) in [5.41, 5.74) is 2.11. The van der Waals surface area contributed by atoms with E-state index in [4.69, 9.17) is 11.6 Å².